The second kappa shape index (κ2) is 6.65. The molecule has 1 amide bonds. The van der Waals surface area contributed by atoms with Gasteiger partial charge in [-0.25, -0.2) is 0 Å². The Labute approximate surface area is 113 Å². The lowest BCUT2D eigenvalue weighted by Gasteiger charge is -2.31. The Morgan fingerprint density at radius 1 is 1.32 bits per heavy atom. The molecular formula is C14H22N2O3. The van der Waals surface area contributed by atoms with Crippen LogP contribution < -0.4 is 11.1 Å². The molecule has 5 nitrogen and oxygen atoms in total. The number of nitrogens with two attached hydrogens (primary N) is 1. The molecular weight excluding hydrogens is 244 g/mol. The fraction of sp³-hybridized carbons (Fsp3) is 0.500. The van der Waals surface area contributed by atoms with Crippen molar-refractivity contribution in [1.29, 1.82) is 0 Å². The summed E-state index contributed by atoms with van der Waals surface area (Å²) in [6.45, 7) is 3.08. The van der Waals surface area contributed by atoms with E-state index < -0.39 is 17.5 Å². The van der Waals surface area contributed by atoms with E-state index in [4.69, 9.17) is 5.73 Å². The van der Waals surface area contributed by atoms with Crippen molar-refractivity contribution in [2.45, 2.75) is 31.8 Å². The Hall–Kier alpha value is -1.43. The van der Waals surface area contributed by atoms with E-state index in [1.165, 1.54) is 0 Å². The van der Waals surface area contributed by atoms with Crippen LogP contribution in [-0.4, -0.2) is 34.9 Å². The van der Waals surface area contributed by atoms with Gasteiger partial charge in [-0.1, -0.05) is 36.8 Å². The van der Waals surface area contributed by atoms with Crippen molar-refractivity contribution in [2.24, 2.45) is 5.73 Å². The maximum Gasteiger partial charge on any atom is 0.242 e. The summed E-state index contributed by atoms with van der Waals surface area (Å²) in [6.07, 6.45) is 0.423. The molecule has 0 saturated carbocycles. The zero-order valence-electron chi connectivity index (χ0n) is 11.4. The molecule has 0 spiro atoms. The van der Waals surface area contributed by atoms with Gasteiger partial charge in [-0.2, -0.15) is 0 Å². The maximum absolute atomic E-state index is 12.1. The van der Waals surface area contributed by atoms with Crippen molar-refractivity contribution < 1.29 is 15.0 Å². The Bertz CT molecular complexity index is 405. The fourth-order valence-electron chi connectivity index (χ4n) is 1.71. The zero-order chi connectivity index (χ0) is 14.5. The van der Waals surface area contributed by atoms with Crippen molar-refractivity contribution in [3.63, 3.8) is 0 Å². The molecule has 1 unspecified atom stereocenters. The average molecular weight is 266 g/mol. The number of aryl methyl sites for hydroxylation is 1. The minimum Gasteiger partial charge on any atom is -0.394 e. The van der Waals surface area contributed by atoms with Crippen LogP contribution in [0.4, 0.5) is 0 Å². The first-order valence-electron chi connectivity index (χ1n) is 6.34. The highest BCUT2D eigenvalue weighted by Crippen LogP contribution is 2.15. The molecule has 19 heavy (non-hydrogen) atoms. The van der Waals surface area contributed by atoms with E-state index in [1.807, 2.05) is 19.1 Å². The number of hydrogen-bond acceptors (Lipinski definition) is 4. The number of rotatable bonds is 6. The first kappa shape index (κ1) is 15.6. The largest absolute Gasteiger partial charge is 0.394 e. The van der Waals surface area contributed by atoms with E-state index in [0.717, 1.165) is 5.56 Å². The molecule has 0 saturated heterocycles. The summed E-state index contributed by atoms with van der Waals surface area (Å²) in [7, 11) is 0. The van der Waals surface area contributed by atoms with E-state index in [9.17, 15) is 15.0 Å². The van der Waals surface area contributed by atoms with Crippen LogP contribution in [0.5, 0.6) is 0 Å². The van der Waals surface area contributed by atoms with E-state index in [-0.39, 0.29) is 13.2 Å². The standard InChI is InChI=1S/C14H22N2O3/c1-3-14(8-17,9-18)16-13(19)12(15)11-6-4-10(2)5-7-11/h4-7,12,17-18H,3,8-9,15H2,1-2H3,(H,16,19). The third-order valence-corrected chi connectivity index (χ3v) is 3.39. The van der Waals surface area contributed by atoms with Crippen LogP contribution in [0.1, 0.15) is 30.5 Å². The minimum atomic E-state index is -1.01. The highest BCUT2D eigenvalue weighted by Gasteiger charge is 2.30. The van der Waals surface area contributed by atoms with Gasteiger partial charge >= 0.3 is 0 Å². The third-order valence-electron chi connectivity index (χ3n) is 3.39. The lowest BCUT2D eigenvalue weighted by molar-refractivity contribution is -0.125. The molecule has 1 atom stereocenters. The SMILES string of the molecule is CCC(CO)(CO)NC(=O)C(N)c1ccc(C)cc1. The Morgan fingerprint density at radius 2 is 1.84 bits per heavy atom. The Kier molecular flexibility index (Phi) is 5.47. The number of carbonyl (C=O) groups excluding carboxylic acids is 1. The van der Waals surface area contributed by atoms with Crippen LogP contribution in [0.15, 0.2) is 24.3 Å². The molecule has 0 bridgehead atoms. The molecule has 5 N–H and O–H groups in total. The van der Waals surface area contributed by atoms with Gasteiger partial charge in [0.05, 0.1) is 18.8 Å². The normalized spacial score (nSPS) is 13.1. The van der Waals surface area contributed by atoms with E-state index in [0.29, 0.717) is 12.0 Å². The molecule has 0 aliphatic carbocycles. The van der Waals surface area contributed by atoms with Crippen molar-refractivity contribution in [3.05, 3.63) is 35.4 Å². The maximum atomic E-state index is 12.1. The number of carbonyl (C=O) groups is 1. The Balaban J connectivity index is 2.80. The van der Waals surface area contributed by atoms with Crippen LogP contribution in [0, 0.1) is 6.92 Å². The van der Waals surface area contributed by atoms with Crippen LogP contribution in [0.25, 0.3) is 0 Å². The van der Waals surface area contributed by atoms with Crippen molar-refractivity contribution in [2.75, 3.05) is 13.2 Å². The highest BCUT2D eigenvalue weighted by atomic mass is 16.3. The summed E-state index contributed by atoms with van der Waals surface area (Å²) in [4.78, 5) is 12.1. The van der Waals surface area contributed by atoms with Gasteiger partial charge in [-0.3, -0.25) is 4.79 Å². The lowest BCUT2D eigenvalue weighted by atomic mass is 9.97. The molecule has 1 aromatic rings. The first-order valence-corrected chi connectivity index (χ1v) is 6.34. The second-order valence-corrected chi connectivity index (χ2v) is 4.83. The van der Waals surface area contributed by atoms with Crippen molar-refractivity contribution in [1.82, 2.24) is 5.32 Å². The summed E-state index contributed by atoms with van der Waals surface area (Å²) in [5.74, 6) is -0.409. The zero-order valence-corrected chi connectivity index (χ0v) is 11.4. The second-order valence-electron chi connectivity index (χ2n) is 4.83. The van der Waals surface area contributed by atoms with Crippen LogP contribution in [-0.2, 0) is 4.79 Å². The van der Waals surface area contributed by atoms with Crippen LogP contribution in [0.3, 0.4) is 0 Å². The highest BCUT2D eigenvalue weighted by molar-refractivity contribution is 5.83. The smallest absolute Gasteiger partial charge is 0.242 e. The summed E-state index contributed by atoms with van der Waals surface area (Å²) < 4.78 is 0. The van der Waals surface area contributed by atoms with Crippen LogP contribution in [0.2, 0.25) is 0 Å². The van der Waals surface area contributed by atoms with E-state index >= 15 is 0 Å². The number of aliphatic hydroxyl groups excluding tert-OH is 2. The minimum absolute atomic E-state index is 0.327. The van der Waals surface area contributed by atoms with Crippen LogP contribution >= 0.6 is 0 Å². The summed E-state index contributed by atoms with van der Waals surface area (Å²) in [5.41, 5.74) is 6.66. The predicted molar refractivity (Wildman–Crippen MR) is 73.4 cm³/mol. The first-order chi connectivity index (χ1) is 8.98. The molecule has 106 valence electrons. The Morgan fingerprint density at radius 3 is 2.26 bits per heavy atom. The van der Waals surface area contributed by atoms with Crippen molar-refractivity contribution >= 4 is 5.91 Å². The number of hydrogen-bond donors (Lipinski definition) is 4. The molecule has 1 rings (SSSR count). The number of benzene rings is 1. The van der Waals surface area contributed by atoms with Gasteiger partial charge in [0.25, 0.3) is 0 Å². The molecule has 0 aromatic heterocycles. The molecule has 0 aliphatic heterocycles. The van der Waals surface area contributed by atoms with Gasteiger partial charge in [-0.15, -0.1) is 0 Å². The summed E-state index contributed by atoms with van der Waals surface area (Å²) >= 11 is 0. The molecule has 0 heterocycles. The lowest BCUT2D eigenvalue weighted by Crippen LogP contribution is -2.55. The van der Waals surface area contributed by atoms with Gasteiger partial charge in [-0.05, 0) is 18.9 Å². The quantitative estimate of drug-likeness (QED) is 0.593. The average Bonchev–Trinajstić information content (AvgIpc) is 2.45. The van der Waals surface area contributed by atoms with Gasteiger partial charge in [0.2, 0.25) is 5.91 Å². The van der Waals surface area contributed by atoms with Gasteiger partial charge < -0.3 is 21.3 Å². The van der Waals surface area contributed by atoms with Crippen molar-refractivity contribution in [3.8, 4) is 0 Å². The molecule has 1 aromatic carbocycles. The number of amides is 1. The predicted octanol–water partition coefficient (Wildman–Crippen LogP) is 0.244. The summed E-state index contributed by atoms with van der Waals surface area (Å²) in [5, 5.41) is 21.2. The van der Waals surface area contributed by atoms with Gasteiger partial charge in [0, 0.05) is 0 Å². The number of aliphatic hydroxyl groups is 2. The fourth-order valence-corrected chi connectivity index (χ4v) is 1.71. The number of nitrogens with one attached hydrogen (secondary N) is 1. The van der Waals surface area contributed by atoms with E-state index in [2.05, 4.69) is 5.32 Å². The third kappa shape index (κ3) is 3.76. The topological polar surface area (TPSA) is 95.6 Å². The molecule has 0 radical (unpaired) electrons. The molecule has 5 heteroatoms. The van der Waals surface area contributed by atoms with E-state index in [1.54, 1.807) is 19.1 Å². The monoisotopic (exact) mass is 266 g/mol. The van der Waals surface area contributed by atoms with Gasteiger partial charge in [0.15, 0.2) is 0 Å². The molecule has 0 fully saturated rings. The molecule has 0 aliphatic rings. The van der Waals surface area contributed by atoms with Gasteiger partial charge in [0.1, 0.15) is 6.04 Å². The summed E-state index contributed by atoms with van der Waals surface area (Å²) in [6, 6.07) is 6.54.